The van der Waals surface area contributed by atoms with Crippen molar-refractivity contribution in [3.63, 3.8) is 0 Å². The van der Waals surface area contributed by atoms with Crippen molar-refractivity contribution in [2.24, 2.45) is 5.92 Å². The van der Waals surface area contributed by atoms with Crippen LogP contribution in [0.25, 0.3) is 0 Å². The third kappa shape index (κ3) is 4.35. The van der Waals surface area contributed by atoms with Gasteiger partial charge in [-0.3, -0.25) is 9.69 Å². The second-order valence-corrected chi connectivity index (χ2v) is 7.11. The van der Waals surface area contributed by atoms with E-state index in [2.05, 4.69) is 41.0 Å². The molecule has 1 aromatic rings. The molecule has 0 aromatic heterocycles. The van der Waals surface area contributed by atoms with Crippen LogP contribution in [0.15, 0.2) is 24.3 Å². The highest BCUT2D eigenvalue weighted by Crippen LogP contribution is 2.23. The Balaban J connectivity index is 1.46. The fourth-order valence-electron chi connectivity index (χ4n) is 3.85. The summed E-state index contributed by atoms with van der Waals surface area (Å²) in [6, 6.07) is 8.98. The van der Waals surface area contributed by atoms with Crippen LogP contribution in [0, 0.1) is 5.92 Å². The maximum Gasteiger partial charge on any atom is 0.225 e. The number of aryl methyl sites for hydroxylation is 1. The van der Waals surface area contributed by atoms with E-state index < -0.39 is 0 Å². The minimum atomic E-state index is 0.270. The number of rotatable bonds is 4. The predicted octanol–water partition coefficient (Wildman–Crippen LogP) is 3.47. The van der Waals surface area contributed by atoms with Crippen molar-refractivity contribution < 1.29 is 4.79 Å². The standard InChI is InChI=1S/C20H30N2O/c1-2-17-6-8-18(9-7-17)16-21-14-10-19(11-15-21)20(23)22-12-4-3-5-13-22/h6-9,19H,2-5,10-16H2,1H3. The van der Waals surface area contributed by atoms with E-state index in [1.165, 1.54) is 30.4 Å². The molecule has 0 atom stereocenters. The van der Waals surface area contributed by atoms with Crippen molar-refractivity contribution in [2.75, 3.05) is 26.2 Å². The van der Waals surface area contributed by atoms with E-state index in [9.17, 15) is 4.79 Å². The first-order valence-corrected chi connectivity index (χ1v) is 9.35. The molecule has 1 aromatic carbocycles. The maximum atomic E-state index is 12.6. The van der Waals surface area contributed by atoms with Crippen LogP contribution in [0.2, 0.25) is 0 Å². The quantitative estimate of drug-likeness (QED) is 0.849. The second kappa shape index (κ2) is 7.96. The van der Waals surface area contributed by atoms with Crippen LogP contribution in [0.4, 0.5) is 0 Å². The summed E-state index contributed by atoms with van der Waals surface area (Å²) >= 11 is 0. The molecule has 2 saturated heterocycles. The monoisotopic (exact) mass is 314 g/mol. The number of carbonyl (C=O) groups excluding carboxylic acids is 1. The smallest absolute Gasteiger partial charge is 0.225 e. The summed E-state index contributed by atoms with van der Waals surface area (Å²) in [6.45, 7) is 7.30. The molecular formula is C20H30N2O. The molecule has 3 nitrogen and oxygen atoms in total. The number of benzene rings is 1. The van der Waals surface area contributed by atoms with Gasteiger partial charge in [-0.1, -0.05) is 31.2 Å². The normalized spacial score (nSPS) is 20.7. The van der Waals surface area contributed by atoms with Gasteiger partial charge in [0.25, 0.3) is 0 Å². The SMILES string of the molecule is CCc1ccc(CN2CCC(C(=O)N3CCCCC3)CC2)cc1. The molecule has 0 spiro atoms. The zero-order valence-corrected chi connectivity index (χ0v) is 14.5. The molecule has 2 fully saturated rings. The van der Waals surface area contributed by atoms with Gasteiger partial charge in [-0.25, -0.2) is 0 Å². The van der Waals surface area contributed by atoms with Crippen LogP contribution in [0.1, 0.15) is 50.2 Å². The number of piperidine rings is 2. The number of likely N-dealkylation sites (tertiary alicyclic amines) is 2. The van der Waals surface area contributed by atoms with Crippen molar-refractivity contribution in [3.05, 3.63) is 35.4 Å². The highest BCUT2D eigenvalue weighted by atomic mass is 16.2. The fourth-order valence-corrected chi connectivity index (χ4v) is 3.85. The summed E-state index contributed by atoms with van der Waals surface area (Å²) in [4.78, 5) is 17.2. The molecule has 0 saturated carbocycles. The summed E-state index contributed by atoms with van der Waals surface area (Å²) in [5.41, 5.74) is 2.79. The molecule has 0 bridgehead atoms. The minimum absolute atomic E-state index is 0.270. The first kappa shape index (κ1) is 16.5. The zero-order valence-electron chi connectivity index (χ0n) is 14.5. The average Bonchev–Trinajstić information content (AvgIpc) is 2.63. The van der Waals surface area contributed by atoms with Crippen LogP contribution in [-0.2, 0) is 17.8 Å². The maximum absolute atomic E-state index is 12.6. The van der Waals surface area contributed by atoms with Crippen LogP contribution < -0.4 is 0 Å². The van der Waals surface area contributed by atoms with Gasteiger partial charge < -0.3 is 4.90 Å². The first-order chi connectivity index (χ1) is 11.3. The van der Waals surface area contributed by atoms with Gasteiger partial charge in [0, 0.05) is 25.6 Å². The van der Waals surface area contributed by atoms with E-state index in [1.807, 2.05) is 0 Å². The van der Waals surface area contributed by atoms with Gasteiger partial charge in [-0.2, -0.15) is 0 Å². The number of amides is 1. The third-order valence-corrected chi connectivity index (χ3v) is 5.44. The first-order valence-electron chi connectivity index (χ1n) is 9.35. The molecule has 0 N–H and O–H groups in total. The van der Waals surface area contributed by atoms with Crippen molar-refractivity contribution in [1.82, 2.24) is 9.80 Å². The molecule has 0 unspecified atom stereocenters. The molecule has 126 valence electrons. The molecule has 2 heterocycles. The largest absolute Gasteiger partial charge is 0.342 e. The van der Waals surface area contributed by atoms with Gasteiger partial charge in [-0.15, -0.1) is 0 Å². The summed E-state index contributed by atoms with van der Waals surface area (Å²) in [7, 11) is 0. The molecule has 2 aliphatic heterocycles. The number of carbonyl (C=O) groups is 1. The molecular weight excluding hydrogens is 284 g/mol. The minimum Gasteiger partial charge on any atom is -0.342 e. The van der Waals surface area contributed by atoms with E-state index in [4.69, 9.17) is 0 Å². The topological polar surface area (TPSA) is 23.6 Å². The van der Waals surface area contributed by atoms with Gasteiger partial charge in [0.1, 0.15) is 0 Å². The second-order valence-electron chi connectivity index (χ2n) is 7.11. The average molecular weight is 314 g/mol. The molecule has 1 amide bonds. The lowest BCUT2D eigenvalue weighted by molar-refractivity contribution is -0.138. The molecule has 0 aliphatic carbocycles. The molecule has 23 heavy (non-hydrogen) atoms. The Morgan fingerprint density at radius 3 is 2.17 bits per heavy atom. The van der Waals surface area contributed by atoms with Gasteiger partial charge in [0.15, 0.2) is 0 Å². The molecule has 0 radical (unpaired) electrons. The van der Waals surface area contributed by atoms with E-state index in [1.54, 1.807) is 0 Å². The molecule has 3 rings (SSSR count). The predicted molar refractivity (Wildman–Crippen MR) is 94.3 cm³/mol. The zero-order chi connectivity index (χ0) is 16.1. The highest BCUT2D eigenvalue weighted by Gasteiger charge is 2.29. The van der Waals surface area contributed by atoms with Gasteiger partial charge in [0.2, 0.25) is 5.91 Å². The third-order valence-electron chi connectivity index (χ3n) is 5.44. The van der Waals surface area contributed by atoms with E-state index in [0.29, 0.717) is 5.91 Å². The van der Waals surface area contributed by atoms with Gasteiger partial charge in [-0.05, 0) is 62.7 Å². The number of nitrogens with zero attached hydrogens (tertiary/aromatic N) is 2. The van der Waals surface area contributed by atoms with Crippen molar-refractivity contribution in [3.8, 4) is 0 Å². The summed E-state index contributed by atoms with van der Waals surface area (Å²) in [6.07, 6.45) is 6.84. The lowest BCUT2D eigenvalue weighted by Crippen LogP contribution is -2.44. The fraction of sp³-hybridized carbons (Fsp3) is 0.650. The Hall–Kier alpha value is -1.35. The number of hydrogen-bond donors (Lipinski definition) is 0. The summed E-state index contributed by atoms with van der Waals surface area (Å²) in [5.74, 6) is 0.698. The summed E-state index contributed by atoms with van der Waals surface area (Å²) < 4.78 is 0. The Morgan fingerprint density at radius 1 is 0.957 bits per heavy atom. The lowest BCUT2D eigenvalue weighted by Gasteiger charge is -2.35. The van der Waals surface area contributed by atoms with E-state index in [-0.39, 0.29) is 5.92 Å². The molecule has 2 aliphatic rings. The van der Waals surface area contributed by atoms with Crippen molar-refractivity contribution in [1.29, 1.82) is 0 Å². The Morgan fingerprint density at radius 2 is 1.57 bits per heavy atom. The van der Waals surface area contributed by atoms with Crippen molar-refractivity contribution >= 4 is 5.91 Å². The van der Waals surface area contributed by atoms with Crippen LogP contribution >= 0.6 is 0 Å². The van der Waals surface area contributed by atoms with E-state index in [0.717, 1.165) is 52.0 Å². The van der Waals surface area contributed by atoms with Crippen LogP contribution in [0.3, 0.4) is 0 Å². The van der Waals surface area contributed by atoms with E-state index >= 15 is 0 Å². The molecule has 3 heteroatoms. The van der Waals surface area contributed by atoms with Crippen LogP contribution in [0.5, 0.6) is 0 Å². The Labute approximate surface area is 140 Å². The summed E-state index contributed by atoms with van der Waals surface area (Å²) in [5, 5.41) is 0. The number of hydrogen-bond acceptors (Lipinski definition) is 2. The Kier molecular flexibility index (Phi) is 5.71. The lowest BCUT2D eigenvalue weighted by atomic mass is 9.94. The van der Waals surface area contributed by atoms with Crippen LogP contribution in [-0.4, -0.2) is 41.9 Å². The van der Waals surface area contributed by atoms with Crippen molar-refractivity contribution in [2.45, 2.75) is 52.0 Å². The Bertz CT molecular complexity index is 497. The van der Waals surface area contributed by atoms with Gasteiger partial charge in [0.05, 0.1) is 0 Å². The van der Waals surface area contributed by atoms with Gasteiger partial charge >= 0.3 is 0 Å². The highest BCUT2D eigenvalue weighted by molar-refractivity contribution is 5.79.